The Morgan fingerprint density at radius 3 is 2.44 bits per heavy atom. The van der Waals surface area contributed by atoms with Gasteiger partial charge in [0, 0.05) is 11.1 Å². The Kier molecular flexibility index (Phi) is 3.12. The molecule has 80 valence electrons. The second kappa shape index (κ2) is 4.55. The number of benzene rings is 2. The van der Waals surface area contributed by atoms with E-state index < -0.39 is 0 Å². The number of rotatable bonds is 1. The van der Waals surface area contributed by atoms with Crippen LogP contribution < -0.4 is 11.1 Å². The van der Waals surface area contributed by atoms with Gasteiger partial charge in [-0.25, -0.2) is 0 Å². The Bertz CT molecular complexity index is 558. The van der Waals surface area contributed by atoms with Crippen molar-refractivity contribution in [1.82, 2.24) is 0 Å². The molecule has 0 fully saturated rings. The number of hydrogen-bond acceptors (Lipinski definition) is 2. The minimum atomic E-state index is 0.211. The van der Waals surface area contributed by atoms with Crippen LogP contribution in [-0.4, -0.2) is 9.98 Å². The molecule has 0 saturated heterocycles. The predicted octanol–water partition coefficient (Wildman–Crippen LogP) is 2.87. The Morgan fingerprint density at radius 1 is 1.00 bits per heavy atom. The summed E-state index contributed by atoms with van der Waals surface area (Å²) >= 11 is 9.86. The molecule has 16 heavy (non-hydrogen) atoms. The molecule has 4 heteroatoms. The Hall–Kier alpha value is -1.52. The Morgan fingerprint density at radius 2 is 1.69 bits per heavy atom. The quantitative estimate of drug-likeness (QED) is 0.759. The third kappa shape index (κ3) is 2.18. The SMILES string of the molecule is NC(=S)C(=S)Nc1cccc2ccccc12. The second-order valence-corrected chi connectivity index (χ2v) is 4.19. The summed E-state index contributed by atoms with van der Waals surface area (Å²) in [7, 11) is 0. The normalized spacial score (nSPS) is 10.0. The number of thiocarbonyl (C=S) groups is 2. The molecule has 0 aromatic heterocycles. The van der Waals surface area contributed by atoms with Crippen LogP contribution in [-0.2, 0) is 0 Å². The number of anilines is 1. The third-order valence-corrected chi connectivity index (χ3v) is 2.92. The maximum atomic E-state index is 5.46. The second-order valence-electron chi connectivity index (χ2n) is 3.35. The fourth-order valence-corrected chi connectivity index (χ4v) is 1.68. The van der Waals surface area contributed by atoms with Crippen LogP contribution in [0.2, 0.25) is 0 Å². The number of nitrogens with one attached hydrogen (secondary N) is 1. The van der Waals surface area contributed by atoms with Gasteiger partial charge in [-0.2, -0.15) is 0 Å². The van der Waals surface area contributed by atoms with E-state index in [1.807, 2.05) is 42.5 Å². The molecule has 2 nitrogen and oxygen atoms in total. The molecule has 3 N–H and O–H groups in total. The Labute approximate surface area is 104 Å². The summed E-state index contributed by atoms with van der Waals surface area (Å²) in [5.41, 5.74) is 6.38. The molecule has 0 aliphatic heterocycles. The van der Waals surface area contributed by atoms with Crippen LogP contribution in [0.1, 0.15) is 0 Å². The maximum absolute atomic E-state index is 5.46. The zero-order valence-corrected chi connectivity index (χ0v) is 10.1. The van der Waals surface area contributed by atoms with E-state index in [1.165, 1.54) is 0 Å². The third-order valence-electron chi connectivity index (χ3n) is 2.26. The van der Waals surface area contributed by atoms with Gasteiger partial charge in [-0.05, 0) is 11.5 Å². The van der Waals surface area contributed by atoms with Crippen LogP contribution in [0.3, 0.4) is 0 Å². The van der Waals surface area contributed by atoms with Gasteiger partial charge in [-0.1, -0.05) is 60.8 Å². The van der Waals surface area contributed by atoms with Crippen molar-refractivity contribution < 1.29 is 0 Å². The lowest BCUT2D eigenvalue weighted by Crippen LogP contribution is -2.26. The standard InChI is InChI=1S/C12H10N2S2/c13-11(15)12(16)14-10-7-3-5-8-4-1-2-6-9(8)10/h1-7H,(H2,13,15)(H,14,16). The van der Waals surface area contributed by atoms with E-state index >= 15 is 0 Å². The minimum absolute atomic E-state index is 0.211. The minimum Gasteiger partial charge on any atom is -0.388 e. The van der Waals surface area contributed by atoms with Crippen molar-refractivity contribution in [3.63, 3.8) is 0 Å². The van der Waals surface area contributed by atoms with Gasteiger partial charge < -0.3 is 11.1 Å². The highest BCUT2D eigenvalue weighted by atomic mass is 32.1. The lowest BCUT2D eigenvalue weighted by Gasteiger charge is -2.09. The zero-order chi connectivity index (χ0) is 11.5. The van der Waals surface area contributed by atoms with E-state index in [0.717, 1.165) is 16.5 Å². The fourth-order valence-electron chi connectivity index (χ4n) is 1.52. The molecular weight excluding hydrogens is 236 g/mol. The van der Waals surface area contributed by atoms with Crippen LogP contribution in [0.4, 0.5) is 5.69 Å². The molecule has 0 saturated carbocycles. The zero-order valence-electron chi connectivity index (χ0n) is 8.44. The first-order chi connectivity index (χ1) is 7.68. The van der Waals surface area contributed by atoms with Gasteiger partial charge in [-0.15, -0.1) is 0 Å². The molecule has 2 rings (SSSR count). The van der Waals surface area contributed by atoms with E-state index in [9.17, 15) is 0 Å². The molecule has 0 bridgehead atoms. The van der Waals surface area contributed by atoms with Crippen molar-refractivity contribution in [1.29, 1.82) is 0 Å². The summed E-state index contributed by atoms with van der Waals surface area (Å²) < 4.78 is 0. The molecule has 0 amide bonds. The number of fused-ring (bicyclic) bond motifs is 1. The van der Waals surface area contributed by atoms with E-state index in [0.29, 0.717) is 4.99 Å². The van der Waals surface area contributed by atoms with Gasteiger partial charge in [-0.3, -0.25) is 0 Å². The van der Waals surface area contributed by atoms with E-state index in [1.54, 1.807) is 0 Å². The van der Waals surface area contributed by atoms with Crippen LogP contribution in [0.5, 0.6) is 0 Å². The van der Waals surface area contributed by atoms with E-state index in [4.69, 9.17) is 30.2 Å². The maximum Gasteiger partial charge on any atom is 0.138 e. The molecule has 0 unspecified atom stereocenters. The van der Waals surface area contributed by atoms with Gasteiger partial charge in [0.15, 0.2) is 0 Å². The Balaban J connectivity index is 2.45. The number of nitrogens with two attached hydrogens (primary N) is 1. The molecular formula is C12H10N2S2. The monoisotopic (exact) mass is 246 g/mol. The number of hydrogen-bond donors (Lipinski definition) is 2. The molecule has 0 aliphatic rings. The molecule has 0 radical (unpaired) electrons. The van der Waals surface area contributed by atoms with Crippen LogP contribution in [0.25, 0.3) is 10.8 Å². The summed E-state index contributed by atoms with van der Waals surface area (Å²) in [5, 5.41) is 5.30. The van der Waals surface area contributed by atoms with Gasteiger partial charge in [0.1, 0.15) is 9.98 Å². The van der Waals surface area contributed by atoms with Crippen molar-refractivity contribution >= 4 is 50.9 Å². The summed E-state index contributed by atoms with van der Waals surface area (Å²) in [6.45, 7) is 0. The lowest BCUT2D eigenvalue weighted by atomic mass is 10.1. The molecule has 2 aromatic rings. The van der Waals surface area contributed by atoms with Crippen molar-refractivity contribution in [2.45, 2.75) is 0 Å². The lowest BCUT2D eigenvalue weighted by molar-refractivity contribution is 1.70. The predicted molar refractivity (Wildman–Crippen MR) is 77.0 cm³/mol. The van der Waals surface area contributed by atoms with Gasteiger partial charge >= 0.3 is 0 Å². The summed E-state index contributed by atoms with van der Waals surface area (Å²) in [6, 6.07) is 14.0. The molecule has 0 aliphatic carbocycles. The fraction of sp³-hybridized carbons (Fsp3) is 0. The van der Waals surface area contributed by atoms with Crippen LogP contribution in [0.15, 0.2) is 42.5 Å². The van der Waals surface area contributed by atoms with Gasteiger partial charge in [0.25, 0.3) is 0 Å². The largest absolute Gasteiger partial charge is 0.388 e. The highest BCUT2D eigenvalue weighted by Crippen LogP contribution is 2.22. The molecule has 0 heterocycles. The molecule has 2 aromatic carbocycles. The average Bonchev–Trinajstić information content (AvgIpc) is 2.29. The highest BCUT2D eigenvalue weighted by Gasteiger charge is 2.03. The van der Waals surface area contributed by atoms with Gasteiger partial charge in [0.2, 0.25) is 0 Å². The average molecular weight is 246 g/mol. The topological polar surface area (TPSA) is 38.0 Å². The van der Waals surface area contributed by atoms with Crippen LogP contribution >= 0.6 is 24.4 Å². The summed E-state index contributed by atoms with van der Waals surface area (Å²) in [6.07, 6.45) is 0. The first kappa shape index (κ1) is 11.0. The van der Waals surface area contributed by atoms with Crippen molar-refractivity contribution in [3.8, 4) is 0 Å². The van der Waals surface area contributed by atoms with E-state index in [-0.39, 0.29) is 4.99 Å². The van der Waals surface area contributed by atoms with E-state index in [2.05, 4.69) is 5.32 Å². The van der Waals surface area contributed by atoms with Crippen molar-refractivity contribution in [2.24, 2.45) is 5.73 Å². The van der Waals surface area contributed by atoms with Crippen molar-refractivity contribution in [2.75, 3.05) is 5.32 Å². The van der Waals surface area contributed by atoms with Crippen molar-refractivity contribution in [3.05, 3.63) is 42.5 Å². The summed E-state index contributed by atoms with van der Waals surface area (Å²) in [5.74, 6) is 0. The van der Waals surface area contributed by atoms with Crippen LogP contribution in [0, 0.1) is 0 Å². The first-order valence-electron chi connectivity index (χ1n) is 4.77. The highest BCUT2D eigenvalue weighted by molar-refractivity contribution is 7.89. The first-order valence-corrected chi connectivity index (χ1v) is 5.58. The summed E-state index contributed by atoms with van der Waals surface area (Å²) in [4.78, 5) is 0.606. The molecule has 0 spiro atoms. The molecule has 0 atom stereocenters. The van der Waals surface area contributed by atoms with Gasteiger partial charge in [0.05, 0.1) is 0 Å². The smallest absolute Gasteiger partial charge is 0.138 e.